The van der Waals surface area contributed by atoms with Crippen molar-refractivity contribution in [2.75, 3.05) is 7.11 Å². The van der Waals surface area contributed by atoms with Gasteiger partial charge in [-0.3, -0.25) is 0 Å². The van der Waals surface area contributed by atoms with Gasteiger partial charge in [0.05, 0.1) is 7.11 Å². The molecule has 4 nitrogen and oxygen atoms in total. The molecule has 0 unspecified atom stereocenters. The fourth-order valence-electron chi connectivity index (χ4n) is 0.658. The molecule has 0 spiro atoms. The highest BCUT2D eigenvalue weighted by atomic mass is 32.1. The van der Waals surface area contributed by atoms with Gasteiger partial charge in [0.2, 0.25) is 0 Å². The van der Waals surface area contributed by atoms with E-state index in [4.69, 9.17) is 9.84 Å². The summed E-state index contributed by atoms with van der Waals surface area (Å²) in [4.78, 5) is 14.2. The number of thiazole rings is 1. The Morgan fingerprint density at radius 1 is 1.82 bits per heavy atom. The van der Waals surface area contributed by atoms with Crippen molar-refractivity contribution in [3.63, 3.8) is 0 Å². The number of rotatable bonds is 2. The highest BCUT2D eigenvalue weighted by Gasteiger charge is 2.13. The number of ether oxygens (including phenoxy) is 1. The minimum atomic E-state index is -1.01. The molecule has 1 rings (SSSR count). The van der Waals surface area contributed by atoms with Crippen LogP contribution in [0.4, 0.5) is 0 Å². The second kappa shape index (κ2) is 2.92. The number of carboxylic acid groups (broad SMARTS) is 1. The number of carboxylic acids is 1. The topological polar surface area (TPSA) is 59.4 Å². The van der Waals surface area contributed by atoms with Gasteiger partial charge in [0, 0.05) is 0 Å². The number of carbonyl (C=O) groups is 1. The van der Waals surface area contributed by atoms with E-state index in [1.165, 1.54) is 18.4 Å². The van der Waals surface area contributed by atoms with Gasteiger partial charge in [0.1, 0.15) is 0 Å². The summed E-state index contributed by atoms with van der Waals surface area (Å²) in [5.74, 6) is -1.01. The zero-order valence-corrected chi connectivity index (χ0v) is 6.94. The van der Waals surface area contributed by atoms with Gasteiger partial charge in [-0.1, -0.05) is 11.3 Å². The lowest BCUT2D eigenvalue weighted by Gasteiger charge is -1.86. The van der Waals surface area contributed by atoms with E-state index in [-0.39, 0.29) is 5.69 Å². The molecule has 0 atom stereocenters. The normalized spacial score (nSPS) is 9.55. The van der Waals surface area contributed by atoms with E-state index in [2.05, 4.69) is 4.98 Å². The van der Waals surface area contributed by atoms with Crippen LogP contribution in [-0.4, -0.2) is 31.0 Å². The molecule has 0 radical (unpaired) electrons. The zero-order valence-electron chi connectivity index (χ0n) is 6.12. The SMILES string of the molecule is Bc1sc(OC)nc1C(=O)O. The van der Waals surface area contributed by atoms with Crippen LogP contribution in [0.15, 0.2) is 0 Å². The Morgan fingerprint density at radius 3 is 2.73 bits per heavy atom. The molecule has 0 amide bonds. The quantitative estimate of drug-likeness (QED) is 0.586. The molecule has 0 aromatic carbocycles. The van der Waals surface area contributed by atoms with Crippen molar-refractivity contribution in [2.24, 2.45) is 0 Å². The van der Waals surface area contributed by atoms with Crippen LogP contribution in [0, 0.1) is 0 Å². The second-order valence-corrected chi connectivity index (χ2v) is 3.06. The number of aromatic nitrogens is 1. The molecule has 0 bridgehead atoms. The van der Waals surface area contributed by atoms with Gasteiger partial charge in [0.25, 0.3) is 5.19 Å². The van der Waals surface area contributed by atoms with Gasteiger partial charge in [-0.05, 0) is 4.78 Å². The van der Waals surface area contributed by atoms with E-state index in [0.29, 0.717) is 9.97 Å². The summed E-state index contributed by atoms with van der Waals surface area (Å²) < 4.78 is 5.43. The first-order valence-corrected chi connectivity index (χ1v) is 3.71. The lowest BCUT2D eigenvalue weighted by atomic mass is 10.1. The van der Waals surface area contributed by atoms with E-state index in [1.54, 1.807) is 7.85 Å². The molecule has 6 heteroatoms. The van der Waals surface area contributed by atoms with Crippen LogP contribution in [0.25, 0.3) is 0 Å². The van der Waals surface area contributed by atoms with Crippen molar-refractivity contribution in [1.29, 1.82) is 0 Å². The van der Waals surface area contributed by atoms with Gasteiger partial charge >= 0.3 is 5.97 Å². The summed E-state index contributed by atoms with van der Waals surface area (Å²) in [5.41, 5.74) is 0.0758. The van der Waals surface area contributed by atoms with Crippen molar-refractivity contribution in [1.82, 2.24) is 4.98 Å². The molecular weight excluding hydrogens is 165 g/mol. The molecule has 0 aliphatic carbocycles. The van der Waals surface area contributed by atoms with Crippen LogP contribution < -0.4 is 9.51 Å². The Kier molecular flexibility index (Phi) is 2.14. The maximum absolute atomic E-state index is 10.4. The Hall–Kier alpha value is -1.04. The van der Waals surface area contributed by atoms with Gasteiger partial charge in [-0.2, -0.15) is 4.98 Å². The number of hydrogen-bond donors (Lipinski definition) is 1. The molecule has 58 valence electrons. The molecule has 1 aromatic rings. The third-order valence-electron chi connectivity index (χ3n) is 1.15. The Bertz CT molecular complexity index is 285. The van der Waals surface area contributed by atoms with Crippen LogP contribution >= 0.6 is 11.3 Å². The van der Waals surface area contributed by atoms with Crippen molar-refractivity contribution in [2.45, 2.75) is 0 Å². The molecule has 0 aliphatic heterocycles. The summed E-state index contributed by atoms with van der Waals surface area (Å²) in [6.07, 6.45) is 0. The van der Waals surface area contributed by atoms with Crippen LogP contribution in [0.2, 0.25) is 0 Å². The third kappa shape index (κ3) is 1.51. The van der Waals surface area contributed by atoms with Crippen LogP contribution in [0.3, 0.4) is 0 Å². The van der Waals surface area contributed by atoms with Gasteiger partial charge in [-0.15, -0.1) is 0 Å². The Morgan fingerprint density at radius 2 is 2.45 bits per heavy atom. The smallest absolute Gasteiger partial charge is 0.354 e. The number of aromatic carboxylic acids is 1. The lowest BCUT2D eigenvalue weighted by molar-refractivity contribution is 0.0692. The molecule has 1 N–H and O–H groups in total. The molecule has 0 fully saturated rings. The Balaban J connectivity index is 3.07. The molecule has 11 heavy (non-hydrogen) atoms. The van der Waals surface area contributed by atoms with Crippen molar-refractivity contribution < 1.29 is 14.6 Å². The van der Waals surface area contributed by atoms with Crippen LogP contribution in [0.1, 0.15) is 10.5 Å². The van der Waals surface area contributed by atoms with Gasteiger partial charge in [-0.25, -0.2) is 4.79 Å². The van der Waals surface area contributed by atoms with E-state index in [9.17, 15) is 4.79 Å². The van der Waals surface area contributed by atoms with E-state index >= 15 is 0 Å². The molecule has 0 saturated heterocycles. The highest BCUT2D eigenvalue weighted by molar-refractivity contribution is 7.21. The number of nitrogens with zero attached hydrogens (tertiary/aromatic N) is 1. The fourth-order valence-corrected chi connectivity index (χ4v) is 1.37. The minimum Gasteiger partial charge on any atom is -0.477 e. The van der Waals surface area contributed by atoms with Crippen molar-refractivity contribution >= 4 is 29.9 Å². The van der Waals surface area contributed by atoms with Crippen LogP contribution in [-0.2, 0) is 0 Å². The first-order valence-electron chi connectivity index (χ1n) is 2.90. The van der Waals surface area contributed by atoms with Gasteiger partial charge < -0.3 is 9.84 Å². The minimum absolute atomic E-state index is 0.0758. The van der Waals surface area contributed by atoms with E-state index in [0.717, 1.165) is 0 Å². The summed E-state index contributed by atoms with van der Waals surface area (Å²) >= 11 is 1.23. The highest BCUT2D eigenvalue weighted by Crippen LogP contribution is 2.13. The largest absolute Gasteiger partial charge is 0.477 e. The predicted octanol–water partition coefficient (Wildman–Crippen LogP) is -0.892. The predicted molar refractivity (Wildman–Crippen MR) is 43.8 cm³/mol. The summed E-state index contributed by atoms with van der Waals surface area (Å²) in [6.45, 7) is 0. The second-order valence-electron chi connectivity index (χ2n) is 1.89. The fraction of sp³-hybridized carbons (Fsp3) is 0.200. The number of methoxy groups -OCH3 is 1. The van der Waals surface area contributed by atoms with E-state index < -0.39 is 5.97 Å². The maximum atomic E-state index is 10.4. The Labute approximate surface area is 68.2 Å². The third-order valence-corrected chi connectivity index (χ3v) is 2.09. The average molecular weight is 171 g/mol. The zero-order chi connectivity index (χ0) is 8.43. The van der Waals surface area contributed by atoms with Crippen LogP contribution in [0.5, 0.6) is 5.19 Å². The molecule has 0 aliphatic rings. The summed E-state index contributed by atoms with van der Waals surface area (Å²) in [5, 5.41) is 8.95. The average Bonchev–Trinajstić information content (AvgIpc) is 2.30. The first kappa shape index (κ1) is 8.07. The summed E-state index contributed by atoms with van der Waals surface area (Å²) in [7, 11) is 3.16. The van der Waals surface area contributed by atoms with Crippen molar-refractivity contribution in [3.05, 3.63) is 5.69 Å². The number of hydrogen-bond acceptors (Lipinski definition) is 4. The van der Waals surface area contributed by atoms with Gasteiger partial charge in [0.15, 0.2) is 13.5 Å². The maximum Gasteiger partial charge on any atom is 0.354 e. The van der Waals surface area contributed by atoms with E-state index in [1.807, 2.05) is 0 Å². The molecule has 1 heterocycles. The molecular formula is C5H6BNO3S. The molecule has 1 aromatic heterocycles. The monoisotopic (exact) mass is 171 g/mol. The first-order chi connectivity index (χ1) is 5.15. The summed E-state index contributed by atoms with van der Waals surface area (Å²) in [6, 6.07) is 0. The lowest BCUT2D eigenvalue weighted by Crippen LogP contribution is -2.10. The van der Waals surface area contributed by atoms with Crippen molar-refractivity contribution in [3.8, 4) is 5.19 Å². The molecule has 0 saturated carbocycles. The standard InChI is InChI=1S/C5H6BNO3S/c1-10-5-7-2(4(8)9)3(6)11-5/h6H2,1H3,(H,8,9).